The molecule has 0 amide bonds. The topological polar surface area (TPSA) is 52.6 Å². The largest absolute Gasteiger partial charge is 0.497 e. The molecule has 0 N–H and O–H groups in total. The summed E-state index contributed by atoms with van der Waals surface area (Å²) in [6.45, 7) is 1.50. The van der Waals surface area contributed by atoms with Gasteiger partial charge in [-0.2, -0.15) is 0 Å². The molecule has 0 radical (unpaired) electrons. The summed E-state index contributed by atoms with van der Waals surface area (Å²) in [5.74, 6) is -0.437. The first-order chi connectivity index (χ1) is 10.9. The SMILES string of the molecule is COc1ccc(C(=O)[C@H](C)OC(=O)c2c(Cl)cccc2Cl)cc1. The van der Waals surface area contributed by atoms with E-state index in [1.807, 2.05) is 0 Å². The van der Waals surface area contributed by atoms with Crippen molar-refractivity contribution < 1.29 is 19.1 Å². The van der Waals surface area contributed by atoms with E-state index in [1.54, 1.807) is 30.3 Å². The first-order valence-electron chi connectivity index (χ1n) is 6.77. The smallest absolute Gasteiger partial charge is 0.341 e. The number of methoxy groups -OCH3 is 1. The van der Waals surface area contributed by atoms with Crippen LogP contribution in [-0.2, 0) is 4.74 Å². The van der Waals surface area contributed by atoms with Gasteiger partial charge in [0, 0.05) is 5.56 Å². The Morgan fingerprint density at radius 2 is 1.57 bits per heavy atom. The van der Waals surface area contributed by atoms with Crippen LogP contribution in [0.3, 0.4) is 0 Å². The van der Waals surface area contributed by atoms with Gasteiger partial charge in [0.15, 0.2) is 6.10 Å². The molecule has 120 valence electrons. The summed E-state index contributed by atoms with van der Waals surface area (Å²) >= 11 is 11.9. The van der Waals surface area contributed by atoms with Gasteiger partial charge in [0.1, 0.15) is 5.75 Å². The van der Waals surface area contributed by atoms with Gasteiger partial charge >= 0.3 is 5.97 Å². The molecule has 0 unspecified atom stereocenters. The Bertz CT molecular complexity index is 706. The second-order valence-corrected chi connectivity index (χ2v) is 5.55. The van der Waals surface area contributed by atoms with Crippen molar-refractivity contribution in [3.05, 3.63) is 63.6 Å². The molecule has 4 nitrogen and oxygen atoms in total. The maximum absolute atomic E-state index is 12.3. The third-order valence-electron chi connectivity index (χ3n) is 3.19. The molecule has 2 rings (SSSR count). The summed E-state index contributed by atoms with van der Waals surface area (Å²) in [6, 6.07) is 11.2. The average Bonchev–Trinajstić information content (AvgIpc) is 2.54. The third-order valence-corrected chi connectivity index (χ3v) is 3.82. The molecule has 1 atom stereocenters. The maximum Gasteiger partial charge on any atom is 0.341 e. The fourth-order valence-corrected chi connectivity index (χ4v) is 2.51. The van der Waals surface area contributed by atoms with Crippen LogP contribution < -0.4 is 4.74 Å². The van der Waals surface area contributed by atoms with Gasteiger partial charge in [-0.05, 0) is 43.3 Å². The summed E-state index contributed by atoms with van der Waals surface area (Å²) < 4.78 is 10.2. The highest BCUT2D eigenvalue weighted by molar-refractivity contribution is 6.39. The number of rotatable bonds is 5. The van der Waals surface area contributed by atoms with Crippen molar-refractivity contribution in [2.45, 2.75) is 13.0 Å². The first kappa shape index (κ1) is 17.3. The number of benzene rings is 2. The van der Waals surface area contributed by atoms with E-state index in [0.717, 1.165) is 0 Å². The van der Waals surface area contributed by atoms with E-state index in [9.17, 15) is 9.59 Å². The fraction of sp³-hybridized carbons (Fsp3) is 0.176. The lowest BCUT2D eigenvalue weighted by Crippen LogP contribution is -2.24. The van der Waals surface area contributed by atoms with Crippen LogP contribution in [0.15, 0.2) is 42.5 Å². The molecule has 0 aliphatic rings. The quantitative estimate of drug-likeness (QED) is 0.589. The Morgan fingerprint density at radius 1 is 1.00 bits per heavy atom. The van der Waals surface area contributed by atoms with Crippen molar-refractivity contribution in [2.24, 2.45) is 0 Å². The molecule has 0 aromatic heterocycles. The van der Waals surface area contributed by atoms with E-state index < -0.39 is 12.1 Å². The van der Waals surface area contributed by atoms with Crippen LogP contribution in [0.5, 0.6) is 5.75 Å². The Balaban J connectivity index is 2.12. The average molecular weight is 353 g/mol. The van der Waals surface area contributed by atoms with Gasteiger partial charge in [-0.25, -0.2) is 4.79 Å². The second-order valence-electron chi connectivity index (χ2n) is 4.74. The van der Waals surface area contributed by atoms with Crippen LogP contribution in [-0.4, -0.2) is 25.0 Å². The zero-order valence-corrected chi connectivity index (χ0v) is 14.0. The van der Waals surface area contributed by atoms with Crippen molar-refractivity contribution in [3.63, 3.8) is 0 Å². The van der Waals surface area contributed by atoms with Crippen LogP contribution in [0.2, 0.25) is 10.0 Å². The van der Waals surface area contributed by atoms with E-state index in [1.165, 1.54) is 26.2 Å². The molecule has 0 aliphatic heterocycles. The van der Waals surface area contributed by atoms with Gasteiger partial charge in [0.2, 0.25) is 5.78 Å². The molecule has 0 fully saturated rings. The predicted molar refractivity (Wildman–Crippen MR) is 88.7 cm³/mol. The minimum absolute atomic E-state index is 0.0465. The third kappa shape index (κ3) is 4.03. The number of carbonyl (C=O) groups is 2. The molecular formula is C17H14Cl2O4. The van der Waals surface area contributed by atoms with Crippen molar-refractivity contribution in [1.82, 2.24) is 0 Å². The van der Waals surface area contributed by atoms with Gasteiger partial charge in [-0.1, -0.05) is 29.3 Å². The van der Waals surface area contributed by atoms with Gasteiger partial charge in [-0.3, -0.25) is 4.79 Å². The molecule has 0 bridgehead atoms. The van der Waals surface area contributed by atoms with Crippen LogP contribution in [0.1, 0.15) is 27.6 Å². The van der Waals surface area contributed by atoms with Crippen molar-refractivity contribution >= 4 is 35.0 Å². The highest BCUT2D eigenvalue weighted by Gasteiger charge is 2.23. The molecule has 0 saturated carbocycles. The van der Waals surface area contributed by atoms with E-state index >= 15 is 0 Å². The van der Waals surface area contributed by atoms with E-state index in [4.69, 9.17) is 32.7 Å². The lowest BCUT2D eigenvalue weighted by Gasteiger charge is -2.14. The van der Waals surface area contributed by atoms with Crippen molar-refractivity contribution in [2.75, 3.05) is 7.11 Å². The fourth-order valence-electron chi connectivity index (χ4n) is 1.96. The highest BCUT2D eigenvalue weighted by atomic mass is 35.5. The highest BCUT2D eigenvalue weighted by Crippen LogP contribution is 2.25. The molecule has 2 aromatic rings. The number of Topliss-reactive ketones (excluding diaryl/α,β-unsaturated/α-hetero) is 1. The van der Waals surface area contributed by atoms with Gasteiger partial charge in [0.05, 0.1) is 22.7 Å². The monoisotopic (exact) mass is 352 g/mol. The molecule has 6 heteroatoms. The van der Waals surface area contributed by atoms with E-state index in [0.29, 0.717) is 11.3 Å². The van der Waals surface area contributed by atoms with Crippen LogP contribution >= 0.6 is 23.2 Å². The van der Waals surface area contributed by atoms with E-state index in [-0.39, 0.29) is 21.4 Å². The van der Waals surface area contributed by atoms with Crippen LogP contribution in [0.4, 0.5) is 0 Å². The lowest BCUT2D eigenvalue weighted by atomic mass is 10.1. The zero-order chi connectivity index (χ0) is 17.0. The van der Waals surface area contributed by atoms with Crippen molar-refractivity contribution in [3.8, 4) is 5.75 Å². The van der Waals surface area contributed by atoms with Crippen LogP contribution in [0, 0.1) is 0 Å². The van der Waals surface area contributed by atoms with E-state index in [2.05, 4.69) is 0 Å². The first-order valence-corrected chi connectivity index (χ1v) is 7.53. The number of hydrogen-bond acceptors (Lipinski definition) is 4. The molecule has 0 aliphatic carbocycles. The molecule has 0 saturated heterocycles. The lowest BCUT2D eigenvalue weighted by molar-refractivity contribution is 0.0319. The predicted octanol–water partition coefficient (Wildman–Crippen LogP) is 4.43. The zero-order valence-electron chi connectivity index (χ0n) is 12.5. The number of esters is 1. The summed E-state index contributed by atoms with van der Waals surface area (Å²) in [7, 11) is 1.54. The number of halogens is 2. The molecular weight excluding hydrogens is 339 g/mol. The molecule has 23 heavy (non-hydrogen) atoms. The standard InChI is InChI=1S/C17H14Cl2O4/c1-10(16(20)11-6-8-12(22-2)9-7-11)23-17(21)15-13(18)4-3-5-14(15)19/h3-10H,1-2H3/t10-/m0/s1. The minimum Gasteiger partial charge on any atom is -0.497 e. The second kappa shape index (κ2) is 7.49. The van der Waals surface area contributed by atoms with Crippen LogP contribution in [0.25, 0.3) is 0 Å². The molecule has 2 aromatic carbocycles. The Kier molecular flexibility index (Phi) is 5.64. The summed E-state index contributed by atoms with van der Waals surface area (Å²) in [5.41, 5.74) is 0.460. The van der Waals surface area contributed by atoms with Gasteiger partial charge in [0.25, 0.3) is 0 Å². The van der Waals surface area contributed by atoms with Gasteiger partial charge in [-0.15, -0.1) is 0 Å². The Hall–Kier alpha value is -2.04. The maximum atomic E-state index is 12.3. The number of carbonyl (C=O) groups excluding carboxylic acids is 2. The summed E-state index contributed by atoms with van der Waals surface area (Å²) in [5, 5.41) is 0.346. The molecule has 0 spiro atoms. The Morgan fingerprint density at radius 3 is 2.09 bits per heavy atom. The van der Waals surface area contributed by atoms with Crippen molar-refractivity contribution in [1.29, 1.82) is 0 Å². The minimum atomic E-state index is -0.969. The summed E-state index contributed by atoms with van der Waals surface area (Å²) in [6.07, 6.45) is -0.969. The number of ether oxygens (including phenoxy) is 2. The Labute approximate surface area is 143 Å². The van der Waals surface area contributed by atoms with Gasteiger partial charge < -0.3 is 9.47 Å². The number of hydrogen-bond donors (Lipinski definition) is 0. The summed E-state index contributed by atoms with van der Waals surface area (Å²) in [4.78, 5) is 24.5. The molecule has 0 heterocycles. The number of ketones is 1. The normalized spacial score (nSPS) is 11.7.